The Morgan fingerprint density at radius 2 is 2.62 bits per heavy atom. The van der Waals surface area contributed by atoms with Crippen LogP contribution in [-0.2, 0) is 11.2 Å². The molecule has 1 aromatic rings. The molecule has 0 aliphatic rings. The molecule has 0 fully saturated rings. The summed E-state index contributed by atoms with van der Waals surface area (Å²) in [6, 6.07) is 1.86. The van der Waals surface area contributed by atoms with E-state index in [0.717, 1.165) is 10.7 Å². The summed E-state index contributed by atoms with van der Waals surface area (Å²) in [5, 5.41) is 11.1. The molecule has 1 rings (SSSR count). The second-order valence-electron chi connectivity index (χ2n) is 2.56. The monoisotopic (exact) mass is 197 g/mol. The van der Waals surface area contributed by atoms with Gasteiger partial charge in [-0.25, -0.2) is 4.98 Å². The molecular formula is C8H11N3OS. The fourth-order valence-electron chi connectivity index (χ4n) is 0.909. The molecule has 0 saturated carbocycles. The summed E-state index contributed by atoms with van der Waals surface area (Å²) in [5.41, 5.74) is 6.55. The van der Waals surface area contributed by atoms with Gasteiger partial charge in [0, 0.05) is 12.5 Å². The van der Waals surface area contributed by atoms with Crippen LogP contribution in [0.1, 0.15) is 16.7 Å². The number of ether oxygens (including phenoxy) is 1. The van der Waals surface area contributed by atoms with Crippen LogP contribution in [0, 0.1) is 11.3 Å². The number of methoxy groups -OCH3 is 1. The lowest BCUT2D eigenvalue weighted by Gasteiger charge is -2.05. The SMILES string of the molecule is COCC(N)c1csc(CC#N)n1. The van der Waals surface area contributed by atoms with Crippen molar-refractivity contribution in [1.29, 1.82) is 5.26 Å². The summed E-state index contributed by atoms with van der Waals surface area (Å²) < 4.78 is 4.90. The Balaban J connectivity index is 2.63. The zero-order valence-corrected chi connectivity index (χ0v) is 8.17. The molecule has 1 aromatic heterocycles. The van der Waals surface area contributed by atoms with Crippen molar-refractivity contribution in [3.63, 3.8) is 0 Å². The van der Waals surface area contributed by atoms with E-state index in [0.29, 0.717) is 13.0 Å². The van der Waals surface area contributed by atoms with Crippen molar-refractivity contribution < 1.29 is 4.74 Å². The number of rotatable bonds is 4. The summed E-state index contributed by atoms with van der Waals surface area (Å²) in [4.78, 5) is 4.21. The van der Waals surface area contributed by atoms with Crippen LogP contribution in [-0.4, -0.2) is 18.7 Å². The number of nitriles is 1. The molecular weight excluding hydrogens is 186 g/mol. The average molecular weight is 197 g/mol. The van der Waals surface area contributed by atoms with Crippen LogP contribution in [0.3, 0.4) is 0 Å². The highest BCUT2D eigenvalue weighted by molar-refractivity contribution is 7.09. The summed E-state index contributed by atoms with van der Waals surface area (Å²) in [5.74, 6) is 0. The van der Waals surface area contributed by atoms with Crippen molar-refractivity contribution in [2.75, 3.05) is 13.7 Å². The molecule has 2 N–H and O–H groups in total. The Bertz CT molecular complexity index is 305. The van der Waals surface area contributed by atoms with Crippen LogP contribution in [0.25, 0.3) is 0 Å². The molecule has 1 unspecified atom stereocenters. The number of aromatic nitrogens is 1. The Labute approximate surface area is 81.0 Å². The maximum atomic E-state index is 8.43. The molecule has 0 spiro atoms. The van der Waals surface area contributed by atoms with Gasteiger partial charge in [-0.1, -0.05) is 0 Å². The number of hydrogen-bond donors (Lipinski definition) is 1. The molecule has 0 aromatic carbocycles. The van der Waals surface area contributed by atoms with E-state index in [-0.39, 0.29) is 6.04 Å². The molecule has 0 amide bonds. The first kappa shape index (κ1) is 10.1. The van der Waals surface area contributed by atoms with Gasteiger partial charge in [-0.05, 0) is 0 Å². The predicted octanol–water partition coefficient (Wildman–Crippen LogP) is 0.855. The van der Waals surface area contributed by atoms with Crippen LogP contribution >= 0.6 is 11.3 Å². The quantitative estimate of drug-likeness (QED) is 0.776. The van der Waals surface area contributed by atoms with Gasteiger partial charge >= 0.3 is 0 Å². The average Bonchev–Trinajstić information content (AvgIpc) is 2.54. The third kappa shape index (κ3) is 2.77. The lowest BCUT2D eigenvalue weighted by Crippen LogP contribution is -2.16. The van der Waals surface area contributed by atoms with Gasteiger partial charge < -0.3 is 10.5 Å². The molecule has 0 saturated heterocycles. The Morgan fingerprint density at radius 3 is 3.23 bits per heavy atom. The topological polar surface area (TPSA) is 71.9 Å². The van der Waals surface area contributed by atoms with Crippen LogP contribution in [0.4, 0.5) is 0 Å². The molecule has 0 aliphatic heterocycles. The van der Waals surface area contributed by atoms with Crippen molar-refractivity contribution in [1.82, 2.24) is 4.98 Å². The molecule has 0 bridgehead atoms. The van der Waals surface area contributed by atoms with Gasteiger partial charge in [-0.3, -0.25) is 0 Å². The number of nitrogens with two attached hydrogens (primary N) is 1. The number of nitrogens with zero attached hydrogens (tertiary/aromatic N) is 2. The van der Waals surface area contributed by atoms with Crippen molar-refractivity contribution >= 4 is 11.3 Å². The van der Waals surface area contributed by atoms with E-state index < -0.39 is 0 Å². The van der Waals surface area contributed by atoms with E-state index in [2.05, 4.69) is 4.98 Å². The van der Waals surface area contributed by atoms with E-state index in [1.54, 1.807) is 7.11 Å². The smallest absolute Gasteiger partial charge is 0.107 e. The van der Waals surface area contributed by atoms with Crippen LogP contribution in [0.15, 0.2) is 5.38 Å². The zero-order chi connectivity index (χ0) is 9.68. The Kier molecular flexibility index (Phi) is 3.83. The van der Waals surface area contributed by atoms with E-state index >= 15 is 0 Å². The third-order valence-corrected chi connectivity index (χ3v) is 2.39. The van der Waals surface area contributed by atoms with E-state index in [9.17, 15) is 0 Å². The first-order chi connectivity index (χ1) is 6.27. The number of hydrogen-bond acceptors (Lipinski definition) is 5. The summed E-state index contributed by atoms with van der Waals surface area (Å²) in [6.45, 7) is 0.454. The fourth-order valence-corrected chi connectivity index (χ4v) is 1.70. The van der Waals surface area contributed by atoms with Gasteiger partial charge in [-0.2, -0.15) is 5.26 Å². The molecule has 70 valence electrons. The molecule has 1 atom stereocenters. The molecule has 4 nitrogen and oxygen atoms in total. The normalized spacial score (nSPS) is 12.4. The summed E-state index contributed by atoms with van der Waals surface area (Å²) >= 11 is 1.46. The third-order valence-electron chi connectivity index (χ3n) is 1.53. The van der Waals surface area contributed by atoms with Gasteiger partial charge in [0.15, 0.2) is 0 Å². The maximum absolute atomic E-state index is 8.43. The number of thiazole rings is 1. The highest BCUT2D eigenvalue weighted by atomic mass is 32.1. The van der Waals surface area contributed by atoms with Crippen molar-refractivity contribution in [3.05, 3.63) is 16.1 Å². The van der Waals surface area contributed by atoms with Crippen LogP contribution in [0.5, 0.6) is 0 Å². The van der Waals surface area contributed by atoms with E-state index in [4.69, 9.17) is 15.7 Å². The van der Waals surface area contributed by atoms with E-state index in [1.807, 2.05) is 11.4 Å². The zero-order valence-electron chi connectivity index (χ0n) is 7.36. The second-order valence-corrected chi connectivity index (χ2v) is 3.51. The van der Waals surface area contributed by atoms with Crippen molar-refractivity contribution in [2.24, 2.45) is 5.73 Å². The van der Waals surface area contributed by atoms with Gasteiger partial charge in [0.2, 0.25) is 0 Å². The molecule has 1 heterocycles. The van der Waals surface area contributed by atoms with Crippen molar-refractivity contribution in [3.8, 4) is 6.07 Å². The maximum Gasteiger partial charge on any atom is 0.107 e. The Hall–Kier alpha value is -0.960. The van der Waals surface area contributed by atoms with Gasteiger partial charge in [-0.15, -0.1) is 11.3 Å². The minimum atomic E-state index is -0.186. The molecule has 13 heavy (non-hydrogen) atoms. The summed E-state index contributed by atoms with van der Waals surface area (Å²) in [6.07, 6.45) is 0.352. The molecule has 0 aliphatic carbocycles. The minimum absolute atomic E-state index is 0.186. The van der Waals surface area contributed by atoms with Gasteiger partial charge in [0.05, 0.1) is 30.8 Å². The van der Waals surface area contributed by atoms with E-state index in [1.165, 1.54) is 11.3 Å². The molecule has 0 radical (unpaired) electrons. The first-order valence-electron chi connectivity index (χ1n) is 3.83. The van der Waals surface area contributed by atoms with Gasteiger partial charge in [0.1, 0.15) is 5.01 Å². The van der Waals surface area contributed by atoms with Crippen LogP contribution in [0.2, 0.25) is 0 Å². The highest BCUT2D eigenvalue weighted by Gasteiger charge is 2.09. The lowest BCUT2D eigenvalue weighted by atomic mass is 10.2. The highest BCUT2D eigenvalue weighted by Crippen LogP contribution is 2.15. The predicted molar refractivity (Wildman–Crippen MR) is 50.2 cm³/mol. The molecule has 5 heteroatoms. The first-order valence-corrected chi connectivity index (χ1v) is 4.71. The second kappa shape index (κ2) is 4.92. The summed E-state index contributed by atoms with van der Waals surface area (Å²) in [7, 11) is 1.60. The standard InChI is InChI=1S/C8H11N3OS/c1-12-4-6(10)7-5-13-8(11-7)2-3-9/h5-6H,2,4,10H2,1H3. The Morgan fingerprint density at radius 1 is 1.85 bits per heavy atom. The van der Waals surface area contributed by atoms with Crippen molar-refractivity contribution in [2.45, 2.75) is 12.5 Å². The largest absolute Gasteiger partial charge is 0.383 e. The minimum Gasteiger partial charge on any atom is -0.383 e. The fraction of sp³-hybridized carbons (Fsp3) is 0.500. The lowest BCUT2D eigenvalue weighted by molar-refractivity contribution is 0.180. The van der Waals surface area contributed by atoms with Gasteiger partial charge in [0.25, 0.3) is 0 Å². The van der Waals surface area contributed by atoms with Crippen LogP contribution < -0.4 is 5.73 Å².